The van der Waals surface area contributed by atoms with Crippen molar-refractivity contribution in [1.82, 2.24) is 14.7 Å². The first-order valence-electron chi connectivity index (χ1n) is 6.02. The van der Waals surface area contributed by atoms with Crippen LogP contribution in [0.25, 0.3) is 0 Å². The summed E-state index contributed by atoms with van der Waals surface area (Å²) in [4.78, 5) is 16.1. The largest absolute Gasteiger partial charge is 0.343 e. The van der Waals surface area contributed by atoms with Crippen molar-refractivity contribution in [3.63, 3.8) is 0 Å². The van der Waals surface area contributed by atoms with E-state index in [-0.39, 0.29) is 11.2 Å². The first-order valence-corrected chi connectivity index (χ1v) is 6.02. The van der Waals surface area contributed by atoms with Gasteiger partial charge in [-0.1, -0.05) is 19.0 Å². The minimum atomic E-state index is 0.0252. The molecule has 0 spiro atoms. The number of hydrogen-bond donors (Lipinski definition) is 0. The zero-order valence-corrected chi connectivity index (χ0v) is 10.5. The predicted molar refractivity (Wildman–Crippen MR) is 64.3 cm³/mol. The summed E-state index contributed by atoms with van der Waals surface area (Å²) in [6, 6.07) is 1.90. The molecule has 5 heteroatoms. The van der Waals surface area contributed by atoms with Crippen molar-refractivity contribution >= 4 is 5.78 Å². The number of carbonyl (C=O) groups excluding carboxylic acids is 1. The Kier molecular flexibility index (Phi) is 2.36. The van der Waals surface area contributed by atoms with Gasteiger partial charge in [-0.3, -0.25) is 4.79 Å². The second-order valence-electron chi connectivity index (χ2n) is 5.59. The Morgan fingerprint density at radius 3 is 3.00 bits per heavy atom. The van der Waals surface area contributed by atoms with Gasteiger partial charge < -0.3 is 9.09 Å². The SMILES string of the molecule is CC1(C)CC(=O)c2ccn(Cc3ncon3)c2C1. The Labute approximate surface area is 105 Å². The average molecular weight is 245 g/mol. The topological polar surface area (TPSA) is 60.9 Å². The normalized spacial score (nSPS) is 17.8. The molecule has 94 valence electrons. The Balaban J connectivity index is 1.97. The van der Waals surface area contributed by atoms with Crippen LogP contribution < -0.4 is 0 Å². The van der Waals surface area contributed by atoms with Crippen molar-refractivity contribution in [2.75, 3.05) is 0 Å². The Morgan fingerprint density at radius 1 is 1.44 bits per heavy atom. The molecule has 0 aromatic carbocycles. The summed E-state index contributed by atoms with van der Waals surface area (Å²) < 4.78 is 6.77. The second-order valence-corrected chi connectivity index (χ2v) is 5.59. The highest BCUT2D eigenvalue weighted by atomic mass is 16.5. The van der Waals surface area contributed by atoms with E-state index in [0.29, 0.717) is 18.8 Å². The van der Waals surface area contributed by atoms with Gasteiger partial charge in [0.25, 0.3) is 0 Å². The van der Waals surface area contributed by atoms with Crippen LogP contribution in [0.1, 0.15) is 42.1 Å². The van der Waals surface area contributed by atoms with Crippen LogP contribution in [-0.2, 0) is 13.0 Å². The molecule has 2 aromatic rings. The van der Waals surface area contributed by atoms with E-state index >= 15 is 0 Å². The summed E-state index contributed by atoms with van der Waals surface area (Å²) in [5, 5.41) is 3.80. The van der Waals surface area contributed by atoms with E-state index in [9.17, 15) is 4.79 Å². The molecule has 0 saturated heterocycles. The van der Waals surface area contributed by atoms with Crippen molar-refractivity contribution in [2.45, 2.75) is 33.2 Å². The van der Waals surface area contributed by atoms with Crippen molar-refractivity contribution in [1.29, 1.82) is 0 Å². The molecule has 0 bridgehead atoms. The zero-order chi connectivity index (χ0) is 12.8. The highest BCUT2D eigenvalue weighted by Gasteiger charge is 2.33. The molecule has 2 heterocycles. The van der Waals surface area contributed by atoms with Crippen molar-refractivity contribution in [3.05, 3.63) is 35.7 Å². The van der Waals surface area contributed by atoms with Gasteiger partial charge in [0.1, 0.15) is 0 Å². The van der Waals surface area contributed by atoms with Crippen LogP contribution in [0.2, 0.25) is 0 Å². The molecule has 5 nitrogen and oxygen atoms in total. The van der Waals surface area contributed by atoms with Gasteiger partial charge in [0.2, 0.25) is 6.39 Å². The molecule has 0 fully saturated rings. The van der Waals surface area contributed by atoms with Gasteiger partial charge >= 0.3 is 0 Å². The molecule has 3 rings (SSSR count). The Bertz CT molecular complexity index is 581. The lowest BCUT2D eigenvalue weighted by atomic mass is 9.76. The molecule has 1 aliphatic carbocycles. The van der Waals surface area contributed by atoms with Crippen LogP contribution in [-0.4, -0.2) is 20.5 Å². The van der Waals surface area contributed by atoms with E-state index in [1.54, 1.807) is 0 Å². The predicted octanol–water partition coefficient (Wildman–Crippen LogP) is 2.07. The molecule has 0 amide bonds. The second kappa shape index (κ2) is 3.80. The highest BCUT2D eigenvalue weighted by molar-refractivity contribution is 5.98. The van der Waals surface area contributed by atoms with E-state index < -0.39 is 0 Å². The summed E-state index contributed by atoms with van der Waals surface area (Å²) in [6.07, 6.45) is 4.77. The Morgan fingerprint density at radius 2 is 2.28 bits per heavy atom. The number of ketones is 1. The summed E-state index contributed by atoms with van der Waals surface area (Å²) in [6.45, 7) is 4.80. The van der Waals surface area contributed by atoms with E-state index in [0.717, 1.165) is 17.7 Å². The number of aromatic nitrogens is 3. The quantitative estimate of drug-likeness (QED) is 0.812. The summed E-state index contributed by atoms with van der Waals surface area (Å²) in [5.74, 6) is 0.859. The van der Waals surface area contributed by atoms with Gasteiger partial charge in [0, 0.05) is 23.9 Å². The van der Waals surface area contributed by atoms with Crippen LogP contribution in [0.15, 0.2) is 23.2 Å². The van der Waals surface area contributed by atoms with Crippen LogP contribution in [0.5, 0.6) is 0 Å². The maximum Gasteiger partial charge on any atom is 0.213 e. The average Bonchev–Trinajstić information content (AvgIpc) is 2.88. The van der Waals surface area contributed by atoms with Crippen molar-refractivity contribution in [3.8, 4) is 0 Å². The lowest BCUT2D eigenvalue weighted by molar-refractivity contribution is 0.0910. The number of Topliss-reactive ketones (excluding diaryl/α,β-unsaturated/α-hetero) is 1. The maximum atomic E-state index is 12.1. The van der Waals surface area contributed by atoms with Crippen molar-refractivity contribution < 1.29 is 9.32 Å². The molecule has 0 saturated carbocycles. The molecule has 0 atom stereocenters. The maximum absolute atomic E-state index is 12.1. The van der Waals surface area contributed by atoms with E-state index in [2.05, 4.69) is 24.0 Å². The van der Waals surface area contributed by atoms with E-state index in [4.69, 9.17) is 4.52 Å². The lowest BCUT2D eigenvalue weighted by Gasteiger charge is -2.29. The number of hydrogen-bond acceptors (Lipinski definition) is 4. The molecule has 0 radical (unpaired) electrons. The molecular weight excluding hydrogens is 230 g/mol. The van der Waals surface area contributed by atoms with Gasteiger partial charge in [-0.2, -0.15) is 4.98 Å². The monoisotopic (exact) mass is 245 g/mol. The standard InChI is InChI=1S/C13H15N3O2/c1-13(2)5-10-9(11(17)6-13)3-4-16(10)7-12-14-8-18-15-12/h3-4,8H,5-7H2,1-2H3. The number of carbonyl (C=O) groups is 1. The smallest absolute Gasteiger partial charge is 0.213 e. The number of rotatable bonds is 2. The number of fused-ring (bicyclic) bond motifs is 1. The van der Waals surface area contributed by atoms with Crippen LogP contribution in [0.4, 0.5) is 0 Å². The van der Waals surface area contributed by atoms with E-state index in [1.807, 2.05) is 16.8 Å². The first-order chi connectivity index (χ1) is 8.55. The molecule has 1 aliphatic rings. The molecule has 18 heavy (non-hydrogen) atoms. The van der Waals surface area contributed by atoms with Crippen LogP contribution in [0, 0.1) is 5.41 Å². The summed E-state index contributed by atoms with van der Waals surface area (Å²) in [5.41, 5.74) is 1.95. The molecule has 0 N–H and O–H groups in total. The molecule has 2 aromatic heterocycles. The minimum absolute atomic E-state index is 0.0252. The Hall–Kier alpha value is -1.91. The molecule has 0 unspecified atom stereocenters. The third-order valence-electron chi connectivity index (χ3n) is 3.38. The van der Waals surface area contributed by atoms with Gasteiger partial charge in [0.05, 0.1) is 6.54 Å². The first kappa shape index (κ1) is 11.2. The van der Waals surface area contributed by atoms with Gasteiger partial charge in [-0.05, 0) is 17.9 Å². The van der Waals surface area contributed by atoms with Gasteiger partial charge in [-0.25, -0.2) is 0 Å². The molecule has 0 aliphatic heterocycles. The van der Waals surface area contributed by atoms with Gasteiger partial charge in [-0.15, -0.1) is 0 Å². The summed E-state index contributed by atoms with van der Waals surface area (Å²) in [7, 11) is 0. The number of nitrogens with zero attached hydrogens (tertiary/aromatic N) is 3. The fourth-order valence-electron chi connectivity index (χ4n) is 2.56. The zero-order valence-electron chi connectivity index (χ0n) is 10.5. The lowest BCUT2D eigenvalue weighted by Crippen LogP contribution is -2.28. The highest BCUT2D eigenvalue weighted by Crippen LogP contribution is 2.35. The van der Waals surface area contributed by atoms with Crippen LogP contribution in [0.3, 0.4) is 0 Å². The van der Waals surface area contributed by atoms with Crippen LogP contribution >= 0.6 is 0 Å². The third kappa shape index (κ3) is 1.85. The molecular formula is C13H15N3O2. The van der Waals surface area contributed by atoms with E-state index in [1.165, 1.54) is 6.39 Å². The third-order valence-corrected chi connectivity index (χ3v) is 3.38. The minimum Gasteiger partial charge on any atom is -0.343 e. The van der Waals surface area contributed by atoms with Crippen molar-refractivity contribution in [2.24, 2.45) is 5.41 Å². The summed E-state index contributed by atoms with van der Waals surface area (Å²) >= 11 is 0. The van der Waals surface area contributed by atoms with Gasteiger partial charge in [0.15, 0.2) is 11.6 Å². The fourth-order valence-corrected chi connectivity index (χ4v) is 2.56. The fraction of sp³-hybridized carbons (Fsp3) is 0.462.